The lowest BCUT2D eigenvalue weighted by molar-refractivity contribution is -0.118. The van der Waals surface area contributed by atoms with Gasteiger partial charge in [-0.1, -0.05) is 11.6 Å². The molecule has 0 saturated carbocycles. The number of carbonyl (C=O) groups is 2. The van der Waals surface area contributed by atoms with E-state index in [0.717, 1.165) is 0 Å². The highest BCUT2D eigenvalue weighted by atomic mass is 35.5. The van der Waals surface area contributed by atoms with Crippen molar-refractivity contribution in [2.75, 3.05) is 24.4 Å². The summed E-state index contributed by atoms with van der Waals surface area (Å²) in [5, 5.41) is 5.48. The Bertz CT molecular complexity index is 483. The molecule has 1 rings (SSSR count). The molecule has 0 heterocycles. The third-order valence-electron chi connectivity index (χ3n) is 2.23. The average Bonchev–Trinajstić information content (AvgIpc) is 2.32. The van der Waals surface area contributed by atoms with Crippen molar-refractivity contribution in [1.29, 1.82) is 0 Å². The number of rotatable bonds is 5. The molecule has 0 saturated heterocycles. The van der Waals surface area contributed by atoms with Crippen molar-refractivity contribution in [2.24, 2.45) is 5.73 Å². The van der Waals surface area contributed by atoms with Gasteiger partial charge in [0.2, 0.25) is 11.8 Å². The standard InChI is InChI=1S/C12H16ClN3O3.ClH/c1-7(17)15-8-3-4-11(9(13)5-8)16-12(18)10(14)6-19-2;/h3-5,10H,6,14H2,1-2H3,(H,15,17)(H,16,18);1H. The van der Waals surface area contributed by atoms with E-state index in [1.807, 2.05) is 0 Å². The third-order valence-corrected chi connectivity index (χ3v) is 2.54. The first-order valence-electron chi connectivity index (χ1n) is 5.56. The second kappa shape index (κ2) is 8.76. The van der Waals surface area contributed by atoms with Crippen LogP contribution in [0.25, 0.3) is 0 Å². The number of nitrogens with two attached hydrogens (primary N) is 1. The van der Waals surface area contributed by atoms with Gasteiger partial charge < -0.3 is 21.1 Å². The summed E-state index contributed by atoms with van der Waals surface area (Å²) in [7, 11) is 1.46. The van der Waals surface area contributed by atoms with Gasteiger partial charge in [0.1, 0.15) is 6.04 Å². The Morgan fingerprint density at radius 1 is 1.40 bits per heavy atom. The van der Waals surface area contributed by atoms with Crippen LogP contribution in [0.1, 0.15) is 6.92 Å². The Kier molecular flexibility index (Phi) is 8.17. The Morgan fingerprint density at radius 2 is 2.05 bits per heavy atom. The number of carbonyl (C=O) groups excluding carboxylic acids is 2. The van der Waals surface area contributed by atoms with Crippen LogP contribution in [-0.4, -0.2) is 31.6 Å². The molecule has 0 radical (unpaired) electrons. The van der Waals surface area contributed by atoms with E-state index in [-0.39, 0.29) is 24.9 Å². The zero-order valence-corrected chi connectivity index (χ0v) is 12.7. The average molecular weight is 322 g/mol. The molecule has 0 aliphatic heterocycles. The Morgan fingerprint density at radius 3 is 2.55 bits per heavy atom. The monoisotopic (exact) mass is 321 g/mol. The summed E-state index contributed by atoms with van der Waals surface area (Å²) < 4.78 is 4.79. The largest absolute Gasteiger partial charge is 0.383 e. The Labute approximate surface area is 128 Å². The lowest BCUT2D eigenvalue weighted by Crippen LogP contribution is -2.39. The highest BCUT2D eigenvalue weighted by Crippen LogP contribution is 2.25. The fraction of sp³-hybridized carbons (Fsp3) is 0.333. The van der Waals surface area contributed by atoms with Crippen molar-refractivity contribution in [3.63, 3.8) is 0 Å². The minimum atomic E-state index is -0.768. The smallest absolute Gasteiger partial charge is 0.243 e. The van der Waals surface area contributed by atoms with Crippen molar-refractivity contribution in [1.82, 2.24) is 0 Å². The minimum absolute atomic E-state index is 0. The molecule has 0 aliphatic rings. The first kappa shape index (κ1) is 18.7. The summed E-state index contributed by atoms with van der Waals surface area (Å²) in [6, 6.07) is 3.99. The summed E-state index contributed by atoms with van der Waals surface area (Å²) in [6.45, 7) is 1.51. The first-order valence-corrected chi connectivity index (χ1v) is 5.94. The number of benzene rings is 1. The van der Waals surface area contributed by atoms with Gasteiger partial charge >= 0.3 is 0 Å². The van der Waals surface area contributed by atoms with Gasteiger partial charge in [-0.3, -0.25) is 9.59 Å². The van der Waals surface area contributed by atoms with Crippen LogP contribution in [0.5, 0.6) is 0 Å². The highest BCUT2D eigenvalue weighted by molar-refractivity contribution is 6.34. The van der Waals surface area contributed by atoms with Gasteiger partial charge in [-0.15, -0.1) is 12.4 Å². The van der Waals surface area contributed by atoms with Gasteiger partial charge in [0.15, 0.2) is 0 Å². The van der Waals surface area contributed by atoms with Crippen molar-refractivity contribution < 1.29 is 14.3 Å². The molecule has 4 N–H and O–H groups in total. The molecule has 112 valence electrons. The molecule has 8 heteroatoms. The van der Waals surface area contributed by atoms with Crippen molar-refractivity contribution >= 4 is 47.2 Å². The topological polar surface area (TPSA) is 93.4 Å². The number of amides is 2. The fourth-order valence-electron chi connectivity index (χ4n) is 1.38. The fourth-order valence-corrected chi connectivity index (χ4v) is 1.61. The molecular formula is C12H17Cl2N3O3. The van der Waals surface area contributed by atoms with E-state index in [4.69, 9.17) is 22.1 Å². The van der Waals surface area contributed by atoms with Crippen molar-refractivity contribution in [3.05, 3.63) is 23.2 Å². The molecule has 1 aromatic rings. The van der Waals surface area contributed by atoms with E-state index in [0.29, 0.717) is 16.4 Å². The number of hydrogen-bond donors (Lipinski definition) is 3. The SMILES string of the molecule is COCC(N)C(=O)Nc1ccc(NC(C)=O)cc1Cl.Cl. The molecule has 6 nitrogen and oxygen atoms in total. The van der Waals surface area contributed by atoms with Crippen molar-refractivity contribution in [3.8, 4) is 0 Å². The summed E-state index contributed by atoms with van der Waals surface area (Å²) in [4.78, 5) is 22.6. The predicted octanol–water partition coefficient (Wildman–Crippen LogP) is 1.63. The maximum absolute atomic E-state index is 11.7. The molecule has 1 atom stereocenters. The molecule has 2 amide bonds. The van der Waals surface area contributed by atoms with Gasteiger partial charge in [-0.05, 0) is 18.2 Å². The lowest BCUT2D eigenvalue weighted by Gasteiger charge is -2.13. The maximum Gasteiger partial charge on any atom is 0.243 e. The minimum Gasteiger partial charge on any atom is -0.383 e. The summed E-state index contributed by atoms with van der Waals surface area (Å²) in [5.74, 6) is -0.592. The van der Waals surface area contributed by atoms with Crippen LogP contribution < -0.4 is 16.4 Å². The predicted molar refractivity (Wildman–Crippen MR) is 81.5 cm³/mol. The van der Waals surface area contributed by atoms with Gasteiger partial charge in [0.25, 0.3) is 0 Å². The molecule has 0 bridgehead atoms. The van der Waals surface area contributed by atoms with Gasteiger partial charge in [-0.25, -0.2) is 0 Å². The van der Waals surface area contributed by atoms with Gasteiger partial charge in [0, 0.05) is 19.7 Å². The molecule has 0 aromatic heterocycles. The zero-order valence-electron chi connectivity index (χ0n) is 11.1. The van der Waals surface area contributed by atoms with Crippen LogP contribution in [0.4, 0.5) is 11.4 Å². The molecule has 1 aromatic carbocycles. The van der Waals surface area contributed by atoms with Gasteiger partial charge in [-0.2, -0.15) is 0 Å². The molecular weight excluding hydrogens is 305 g/mol. The summed E-state index contributed by atoms with van der Waals surface area (Å²) in [5.41, 5.74) is 6.56. The van der Waals surface area contributed by atoms with Crippen LogP contribution in [0, 0.1) is 0 Å². The number of methoxy groups -OCH3 is 1. The van der Waals surface area contributed by atoms with Crippen LogP contribution in [0.3, 0.4) is 0 Å². The van der Waals surface area contributed by atoms with E-state index in [1.54, 1.807) is 18.2 Å². The van der Waals surface area contributed by atoms with E-state index in [9.17, 15) is 9.59 Å². The van der Waals surface area contributed by atoms with E-state index >= 15 is 0 Å². The number of nitrogens with one attached hydrogen (secondary N) is 2. The highest BCUT2D eigenvalue weighted by Gasteiger charge is 2.14. The third kappa shape index (κ3) is 5.75. The summed E-state index contributed by atoms with van der Waals surface area (Å²) >= 11 is 6.00. The lowest BCUT2D eigenvalue weighted by atomic mass is 10.2. The number of anilines is 2. The Hall–Kier alpha value is -1.34. The number of hydrogen-bond acceptors (Lipinski definition) is 4. The first-order chi connectivity index (χ1) is 8.93. The molecule has 1 unspecified atom stereocenters. The number of halogens is 2. The van der Waals surface area contributed by atoms with Crippen LogP contribution >= 0.6 is 24.0 Å². The second-order valence-electron chi connectivity index (χ2n) is 3.93. The van der Waals surface area contributed by atoms with Gasteiger partial charge in [0.05, 0.1) is 17.3 Å². The molecule has 0 fully saturated rings. The van der Waals surface area contributed by atoms with Crippen LogP contribution in [0.2, 0.25) is 5.02 Å². The quantitative estimate of drug-likeness (QED) is 0.768. The van der Waals surface area contributed by atoms with Crippen LogP contribution in [0.15, 0.2) is 18.2 Å². The maximum atomic E-state index is 11.7. The molecule has 0 spiro atoms. The molecule has 20 heavy (non-hydrogen) atoms. The van der Waals surface area contributed by atoms with E-state index < -0.39 is 11.9 Å². The van der Waals surface area contributed by atoms with E-state index in [2.05, 4.69) is 10.6 Å². The number of ether oxygens (including phenoxy) is 1. The van der Waals surface area contributed by atoms with Crippen LogP contribution in [-0.2, 0) is 14.3 Å². The van der Waals surface area contributed by atoms with E-state index in [1.165, 1.54) is 14.0 Å². The second-order valence-corrected chi connectivity index (χ2v) is 4.33. The Balaban J connectivity index is 0.00000361. The summed E-state index contributed by atoms with van der Waals surface area (Å²) in [6.07, 6.45) is 0. The normalized spacial score (nSPS) is 11.2. The van der Waals surface area contributed by atoms with Crippen molar-refractivity contribution in [2.45, 2.75) is 13.0 Å². The zero-order chi connectivity index (χ0) is 14.4. The molecule has 0 aliphatic carbocycles.